The molecule has 0 bridgehead atoms. The Bertz CT molecular complexity index is 1630. The Morgan fingerprint density at radius 1 is 0.925 bits per heavy atom. The molecule has 0 atom stereocenters. The first-order valence-electron chi connectivity index (χ1n) is 11.3. The SMILES string of the molecule is COC(=O)c1scc(NC(=O)Nc2cc(OCc3c(F)c(F)cc4ccncc34)c(OC)cc2F)c1C(=O)OC. The topological polar surface area (TPSA) is 125 Å². The number of esters is 2. The smallest absolute Gasteiger partial charge is 0.349 e. The number of amides is 2. The maximum Gasteiger partial charge on any atom is 0.349 e. The highest BCUT2D eigenvalue weighted by molar-refractivity contribution is 7.13. The summed E-state index contributed by atoms with van der Waals surface area (Å²) >= 11 is 0.828. The lowest BCUT2D eigenvalue weighted by molar-refractivity contribution is 0.0561. The summed E-state index contributed by atoms with van der Waals surface area (Å²) < 4.78 is 63.7. The van der Waals surface area contributed by atoms with Gasteiger partial charge >= 0.3 is 18.0 Å². The molecule has 10 nitrogen and oxygen atoms in total. The second kappa shape index (κ2) is 11.9. The summed E-state index contributed by atoms with van der Waals surface area (Å²) in [5.41, 5.74) is -0.826. The molecule has 40 heavy (non-hydrogen) atoms. The lowest BCUT2D eigenvalue weighted by atomic mass is 10.1. The van der Waals surface area contributed by atoms with E-state index in [1.165, 1.54) is 30.9 Å². The Labute approximate surface area is 228 Å². The van der Waals surface area contributed by atoms with Crippen LogP contribution in [0.4, 0.5) is 29.3 Å². The molecule has 14 heteroatoms. The number of ether oxygens (including phenoxy) is 4. The zero-order valence-electron chi connectivity index (χ0n) is 21.1. The second-order valence-corrected chi connectivity index (χ2v) is 8.81. The van der Waals surface area contributed by atoms with Gasteiger partial charge in [-0.1, -0.05) is 0 Å². The van der Waals surface area contributed by atoms with Crippen molar-refractivity contribution in [2.45, 2.75) is 6.61 Å². The van der Waals surface area contributed by atoms with E-state index >= 15 is 0 Å². The zero-order valence-corrected chi connectivity index (χ0v) is 21.9. The number of aromatic nitrogens is 1. The van der Waals surface area contributed by atoms with Gasteiger partial charge in [-0.15, -0.1) is 11.3 Å². The molecule has 4 rings (SSSR count). The van der Waals surface area contributed by atoms with Crippen molar-refractivity contribution in [2.75, 3.05) is 32.0 Å². The van der Waals surface area contributed by atoms with E-state index in [0.29, 0.717) is 10.8 Å². The molecule has 2 heterocycles. The van der Waals surface area contributed by atoms with Crippen molar-refractivity contribution in [3.8, 4) is 11.5 Å². The molecular weight excluding hydrogens is 555 g/mol. The van der Waals surface area contributed by atoms with Crippen LogP contribution < -0.4 is 20.1 Å². The number of benzene rings is 2. The number of rotatable bonds is 8. The van der Waals surface area contributed by atoms with Crippen molar-refractivity contribution in [3.63, 3.8) is 0 Å². The van der Waals surface area contributed by atoms with E-state index in [1.807, 2.05) is 0 Å². The van der Waals surface area contributed by atoms with E-state index < -0.39 is 42.0 Å². The van der Waals surface area contributed by atoms with Crippen LogP contribution in [0.2, 0.25) is 0 Å². The van der Waals surface area contributed by atoms with Gasteiger partial charge in [-0.25, -0.2) is 27.6 Å². The molecule has 0 aliphatic rings. The minimum absolute atomic E-state index is 0.0813. The largest absolute Gasteiger partial charge is 0.493 e. The van der Waals surface area contributed by atoms with Crippen LogP contribution in [-0.2, 0) is 16.1 Å². The molecule has 0 aliphatic carbocycles. The van der Waals surface area contributed by atoms with E-state index in [1.54, 1.807) is 0 Å². The number of hydrogen-bond acceptors (Lipinski definition) is 9. The normalized spacial score (nSPS) is 10.7. The lowest BCUT2D eigenvalue weighted by Crippen LogP contribution is -2.22. The fraction of sp³-hybridized carbons (Fsp3) is 0.154. The molecule has 0 fully saturated rings. The predicted molar refractivity (Wildman–Crippen MR) is 139 cm³/mol. The number of halogens is 3. The summed E-state index contributed by atoms with van der Waals surface area (Å²) in [6.07, 6.45) is 2.78. The molecule has 208 valence electrons. The summed E-state index contributed by atoms with van der Waals surface area (Å²) in [5, 5.41) is 6.64. The number of carbonyl (C=O) groups excluding carboxylic acids is 3. The average molecular weight is 576 g/mol. The first-order valence-corrected chi connectivity index (χ1v) is 12.1. The highest BCUT2D eigenvalue weighted by Gasteiger charge is 2.26. The van der Waals surface area contributed by atoms with Gasteiger partial charge in [0.2, 0.25) is 0 Å². The summed E-state index contributed by atoms with van der Waals surface area (Å²) in [6, 6.07) is 3.56. The number of thiophene rings is 1. The molecule has 2 amide bonds. The predicted octanol–water partition coefficient (Wildman–Crippen LogP) is 5.52. The molecule has 4 aromatic rings. The number of nitrogens with zero attached hydrogens (tertiary/aromatic N) is 1. The molecule has 0 spiro atoms. The van der Waals surface area contributed by atoms with Gasteiger partial charge in [0.15, 0.2) is 29.0 Å². The van der Waals surface area contributed by atoms with Crippen LogP contribution in [0.3, 0.4) is 0 Å². The summed E-state index contributed by atoms with van der Waals surface area (Å²) in [7, 11) is 3.46. The summed E-state index contributed by atoms with van der Waals surface area (Å²) in [6.45, 7) is -0.479. The molecule has 0 saturated carbocycles. The number of fused-ring (bicyclic) bond motifs is 1. The van der Waals surface area contributed by atoms with Crippen molar-refractivity contribution in [2.24, 2.45) is 0 Å². The van der Waals surface area contributed by atoms with Gasteiger partial charge in [-0.05, 0) is 17.5 Å². The van der Waals surface area contributed by atoms with E-state index in [9.17, 15) is 27.6 Å². The molecule has 2 aromatic heterocycles. The van der Waals surface area contributed by atoms with Crippen LogP contribution in [0, 0.1) is 17.5 Å². The van der Waals surface area contributed by atoms with E-state index in [0.717, 1.165) is 43.8 Å². The maximum atomic E-state index is 14.8. The van der Waals surface area contributed by atoms with Crippen LogP contribution in [0.25, 0.3) is 10.8 Å². The van der Waals surface area contributed by atoms with Crippen molar-refractivity contribution >= 4 is 51.5 Å². The third-order valence-corrected chi connectivity index (χ3v) is 6.57. The number of pyridine rings is 1. The summed E-state index contributed by atoms with van der Waals surface area (Å²) in [4.78, 5) is 40.7. The number of urea groups is 1. The minimum atomic E-state index is -1.14. The van der Waals surface area contributed by atoms with Gasteiger partial charge in [0, 0.05) is 40.9 Å². The van der Waals surface area contributed by atoms with Crippen LogP contribution in [-0.4, -0.2) is 44.3 Å². The Balaban J connectivity index is 1.59. The lowest BCUT2D eigenvalue weighted by Gasteiger charge is -2.15. The highest BCUT2D eigenvalue weighted by Crippen LogP contribution is 2.35. The third-order valence-electron chi connectivity index (χ3n) is 5.61. The van der Waals surface area contributed by atoms with Crippen LogP contribution in [0.5, 0.6) is 11.5 Å². The second-order valence-electron chi connectivity index (χ2n) is 7.94. The Hall–Kier alpha value is -4.85. The molecule has 2 aromatic carbocycles. The number of methoxy groups -OCH3 is 3. The zero-order chi connectivity index (χ0) is 29.0. The highest BCUT2D eigenvalue weighted by atomic mass is 32.1. The van der Waals surface area contributed by atoms with Crippen molar-refractivity contribution < 1.29 is 46.5 Å². The van der Waals surface area contributed by atoms with Crippen molar-refractivity contribution in [1.29, 1.82) is 0 Å². The number of carbonyl (C=O) groups is 3. The average Bonchev–Trinajstić information content (AvgIpc) is 3.36. The van der Waals surface area contributed by atoms with Gasteiger partial charge in [-0.2, -0.15) is 0 Å². The number of hydrogen-bond donors (Lipinski definition) is 2. The van der Waals surface area contributed by atoms with Gasteiger partial charge < -0.3 is 29.6 Å². The first-order chi connectivity index (χ1) is 19.2. The maximum absolute atomic E-state index is 14.8. The number of anilines is 2. The quantitative estimate of drug-likeness (QED) is 0.263. The Kier molecular flexibility index (Phi) is 8.38. The van der Waals surface area contributed by atoms with E-state index in [-0.39, 0.29) is 38.9 Å². The van der Waals surface area contributed by atoms with Gasteiger partial charge in [0.05, 0.1) is 32.7 Å². The molecule has 2 N–H and O–H groups in total. The molecule has 0 unspecified atom stereocenters. The Morgan fingerprint density at radius 2 is 1.65 bits per heavy atom. The third kappa shape index (κ3) is 5.61. The number of nitrogens with one attached hydrogen (secondary N) is 2. The van der Waals surface area contributed by atoms with Gasteiger partial charge in [0.25, 0.3) is 0 Å². The minimum Gasteiger partial charge on any atom is -0.493 e. The van der Waals surface area contributed by atoms with Crippen LogP contribution in [0.15, 0.2) is 42.0 Å². The Morgan fingerprint density at radius 3 is 2.35 bits per heavy atom. The molecule has 0 radical (unpaired) electrons. The monoisotopic (exact) mass is 575 g/mol. The fourth-order valence-corrected chi connectivity index (χ4v) is 4.62. The molecule has 0 saturated heterocycles. The van der Waals surface area contributed by atoms with Crippen LogP contribution >= 0.6 is 11.3 Å². The molecular formula is C26H20F3N3O7S. The van der Waals surface area contributed by atoms with Crippen molar-refractivity contribution in [3.05, 3.63) is 75.5 Å². The summed E-state index contributed by atoms with van der Waals surface area (Å²) in [5.74, 6) is -5.05. The van der Waals surface area contributed by atoms with Crippen molar-refractivity contribution in [1.82, 2.24) is 4.98 Å². The standard InChI is InChI=1S/C26H20F3N3O7S/c1-36-19-7-15(27)17(31-26(35)32-18-11-40-23(25(34)38-3)21(18)24(33)37-2)8-20(19)39-10-14-13-9-30-5-4-12(13)6-16(28)22(14)29/h4-9,11H,10H2,1-3H3,(H2,31,32,35). The van der Waals surface area contributed by atoms with Gasteiger partial charge in [-0.3, -0.25) is 4.98 Å². The van der Waals surface area contributed by atoms with Crippen LogP contribution in [0.1, 0.15) is 25.6 Å². The van der Waals surface area contributed by atoms with E-state index in [4.69, 9.17) is 9.47 Å². The first kappa shape index (κ1) is 28.2. The van der Waals surface area contributed by atoms with E-state index in [2.05, 4.69) is 25.1 Å². The van der Waals surface area contributed by atoms with Gasteiger partial charge in [0.1, 0.15) is 17.0 Å². The fourth-order valence-electron chi connectivity index (χ4n) is 3.71. The molecule has 0 aliphatic heterocycles.